The minimum atomic E-state index is 0.346. The molecule has 0 radical (unpaired) electrons. The molecular formula is C17H24O2. The summed E-state index contributed by atoms with van der Waals surface area (Å²) in [5.74, 6) is 0. The average molecular weight is 260 g/mol. The van der Waals surface area contributed by atoms with Gasteiger partial charge in [0.15, 0.2) is 0 Å². The van der Waals surface area contributed by atoms with E-state index in [1.165, 1.54) is 29.5 Å². The fourth-order valence-corrected chi connectivity index (χ4v) is 2.48. The topological polar surface area (TPSA) is 34.1 Å². The number of rotatable bonds is 4. The highest BCUT2D eigenvalue weighted by atomic mass is 16.1. The van der Waals surface area contributed by atoms with Crippen molar-refractivity contribution in [3.05, 3.63) is 34.9 Å². The summed E-state index contributed by atoms with van der Waals surface area (Å²) in [6.07, 6.45) is 6.48. The molecular weight excluding hydrogens is 236 g/mol. The molecule has 0 saturated heterocycles. The molecule has 0 heterocycles. The van der Waals surface area contributed by atoms with Crippen LogP contribution in [0.1, 0.15) is 56.7 Å². The maximum absolute atomic E-state index is 10.3. The number of carbonyl (C=O) groups excluding carboxylic acids is 2. The Hall–Kier alpha value is -1.44. The summed E-state index contributed by atoms with van der Waals surface area (Å²) >= 11 is 0. The molecule has 1 aliphatic rings. The highest BCUT2D eigenvalue weighted by Gasteiger charge is 2.29. The molecule has 0 atom stereocenters. The molecule has 0 amide bonds. The molecule has 0 fully saturated rings. The number of aldehydes is 2. The first kappa shape index (κ1) is 15.6. The second-order valence-corrected chi connectivity index (χ2v) is 5.66. The van der Waals surface area contributed by atoms with Crippen LogP contribution >= 0.6 is 0 Å². The molecule has 0 aromatic heterocycles. The standard InChI is InChI=1S/C14H18O.C3H6O/c1-14(2)8-7-12-10-11(4-3-9-15)5-6-13(12)14;1-2-3-4/h5-6,9-10H,3-4,7-8H2,1-2H3;3H,2H2,1H3. The Morgan fingerprint density at radius 2 is 1.89 bits per heavy atom. The molecule has 0 N–H and O–H groups in total. The lowest BCUT2D eigenvalue weighted by Crippen LogP contribution is -2.11. The van der Waals surface area contributed by atoms with Gasteiger partial charge >= 0.3 is 0 Å². The van der Waals surface area contributed by atoms with Gasteiger partial charge in [-0.25, -0.2) is 0 Å². The van der Waals surface area contributed by atoms with Crippen molar-refractivity contribution >= 4 is 12.6 Å². The third-order valence-electron chi connectivity index (χ3n) is 3.64. The molecule has 0 spiro atoms. The van der Waals surface area contributed by atoms with E-state index in [1.54, 1.807) is 0 Å². The SMILES string of the molecule is CC1(C)CCc2cc(CCC=O)ccc21.CCC=O. The summed E-state index contributed by atoms with van der Waals surface area (Å²) in [6, 6.07) is 6.71. The van der Waals surface area contributed by atoms with Crippen molar-refractivity contribution in [1.29, 1.82) is 0 Å². The van der Waals surface area contributed by atoms with Gasteiger partial charge in [0.2, 0.25) is 0 Å². The van der Waals surface area contributed by atoms with Crippen molar-refractivity contribution in [3.63, 3.8) is 0 Å². The molecule has 2 nitrogen and oxygen atoms in total. The number of benzene rings is 1. The summed E-state index contributed by atoms with van der Waals surface area (Å²) in [5, 5.41) is 0. The van der Waals surface area contributed by atoms with Crippen LogP contribution in [0.4, 0.5) is 0 Å². The van der Waals surface area contributed by atoms with E-state index >= 15 is 0 Å². The number of hydrogen-bond acceptors (Lipinski definition) is 2. The van der Waals surface area contributed by atoms with Crippen molar-refractivity contribution < 1.29 is 9.59 Å². The van der Waals surface area contributed by atoms with Gasteiger partial charge in [-0.2, -0.15) is 0 Å². The normalized spacial score (nSPS) is 15.1. The Bertz CT molecular complexity index is 433. The summed E-state index contributed by atoms with van der Waals surface area (Å²) in [6.45, 7) is 6.43. The third kappa shape index (κ3) is 4.30. The quantitative estimate of drug-likeness (QED) is 0.775. The van der Waals surface area contributed by atoms with E-state index in [4.69, 9.17) is 0 Å². The van der Waals surface area contributed by atoms with Crippen molar-refractivity contribution in [2.75, 3.05) is 0 Å². The largest absolute Gasteiger partial charge is 0.303 e. The zero-order chi connectivity index (χ0) is 14.3. The van der Waals surface area contributed by atoms with Gasteiger partial charge in [-0.05, 0) is 41.4 Å². The first-order chi connectivity index (χ1) is 9.05. The minimum Gasteiger partial charge on any atom is -0.303 e. The van der Waals surface area contributed by atoms with Gasteiger partial charge in [-0.15, -0.1) is 0 Å². The zero-order valence-electron chi connectivity index (χ0n) is 12.2. The molecule has 2 heteroatoms. The molecule has 1 aliphatic carbocycles. The van der Waals surface area contributed by atoms with Gasteiger partial charge in [0.25, 0.3) is 0 Å². The van der Waals surface area contributed by atoms with Crippen LogP contribution in [0, 0.1) is 0 Å². The van der Waals surface area contributed by atoms with Crippen molar-refractivity contribution in [3.8, 4) is 0 Å². The lowest BCUT2D eigenvalue weighted by molar-refractivity contribution is -0.108. The van der Waals surface area contributed by atoms with Gasteiger partial charge in [0.05, 0.1) is 0 Å². The van der Waals surface area contributed by atoms with Gasteiger partial charge in [-0.1, -0.05) is 39.0 Å². The van der Waals surface area contributed by atoms with Crippen LogP contribution < -0.4 is 0 Å². The van der Waals surface area contributed by atoms with E-state index in [2.05, 4.69) is 32.0 Å². The molecule has 2 rings (SSSR count). The van der Waals surface area contributed by atoms with Crippen molar-refractivity contribution in [2.45, 2.75) is 58.3 Å². The minimum absolute atomic E-state index is 0.346. The number of aryl methyl sites for hydroxylation is 2. The van der Waals surface area contributed by atoms with Crippen LogP contribution in [0.3, 0.4) is 0 Å². The summed E-state index contributed by atoms with van der Waals surface area (Å²) in [7, 11) is 0. The van der Waals surface area contributed by atoms with Crippen LogP contribution in [0.2, 0.25) is 0 Å². The van der Waals surface area contributed by atoms with E-state index in [9.17, 15) is 9.59 Å². The van der Waals surface area contributed by atoms with E-state index in [-0.39, 0.29) is 0 Å². The van der Waals surface area contributed by atoms with Crippen LogP contribution in [-0.2, 0) is 27.8 Å². The Morgan fingerprint density at radius 3 is 2.47 bits per heavy atom. The second kappa shape index (κ2) is 7.22. The Morgan fingerprint density at radius 1 is 1.21 bits per heavy atom. The highest BCUT2D eigenvalue weighted by molar-refractivity contribution is 5.50. The summed E-state index contributed by atoms with van der Waals surface area (Å²) in [5.41, 5.74) is 4.64. The second-order valence-electron chi connectivity index (χ2n) is 5.66. The lowest BCUT2D eigenvalue weighted by atomic mass is 9.86. The molecule has 0 saturated carbocycles. The molecule has 0 bridgehead atoms. The fraction of sp³-hybridized carbons (Fsp3) is 0.529. The average Bonchev–Trinajstić information content (AvgIpc) is 2.72. The smallest absolute Gasteiger partial charge is 0.120 e. The van der Waals surface area contributed by atoms with Gasteiger partial charge < -0.3 is 9.59 Å². The molecule has 1 aromatic rings. The number of hydrogen-bond donors (Lipinski definition) is 0. The van der Waals surface area contributed by atoms with Crippen LogP contribution in [0.25, 0.3) is 0 Å². The van der Waals surface area contributed by atoms with Crippen molar-refractivity contribution in [1.82, 2.24) is 0 Å². The maximum atomic E-state index is 10.3. The summed E-state index contributed by atoms with van der Waals surface area (Å²) < 4.78 is 0. The van der Waals surface area contributed by atoms with Crippen molar-refractivity contribution in [2.24, 2.45) is 0 Å². The van der Waals surface area contributed by atoms with Gasteiger partial charge in [0, 0.05) is 12.8 Å². The first-order valence-electron chi connectivity index (χ1n) is 7.04. The maximum Gasteiger partial charge on any atom is 0.120 e. The monoisotopic (exact) mass is 260 g/mol. The zero-order valence-corrected chi connectivity index (χ0v) is 12.2. The van der Waals surface area contributed by atoms with E-state index < -0.39 is 0 Å². The van der Waals surface area contributed by atoms with Gasteiger partial charge in [0.1, 0.15) is 12.6 Å². The Balaban J connectivity index is 0.000000399. The fourth-order valence-electron chi connectivity index (χ4n) is 2.48. The molecule has 104 valence electrons. The first-order valence-corrected chi connectivity index (χ1v) is 7.04. The van der Waals surface area contributed by atoms with Crippen LogP contribution in [-0.4, -0.2) is 12.6 Å². The predicted molar refractivity (Wildman–Crippen MR) is 78.5 cm³/mol. The molecule has 19 heavy (non-hydrogen) atoms. The number of carbonyl (C=O) groups is 2. The molecule has 1 aromatic carbocycles. The molecule has 0 aliphatic heterocycles. The molecule has 0 unspecified atom stereocenters. The summed E-state index contributed by atoms with van der Waals surface area (Å²) in [4.78, 5) is 19.5. The lowest BCUT2D eigenvalue weighted by Gasteiger charge is -2.18. The highest BCUT2D eigenvalue weighted by Crippen LogP contribution is 2.38. The number of fused-ring (bicyclic) bond motifs is 1. The Kier molecular flexibility index (Phi) is 5.94. The van der Waals surface area contributed by atoms with Gasteiger partial charge in [-0.3, -0.25) is 0 Å². The Labute approximate surface area is 116 Å². The van der Waals surface area contributed by atoms with Crippen LogP contribution in [0.5, 0.6) is 0 Å². The third-order valence-corrected chi connectivity index (χ3v) is 3.64. The predicted octanol–water partition coefficient (Wildman–Crippen LogP) is 3.64. The van der Waals surface area contributed by atoms with E-state index in [0.29, 0.717) is 18.3 Å². The van der Waals surface area contributed by atoms with E-state index in [1.807, 2.05) is 6.92 Å². The van der Waals surface area contributed by atoms with E-state index in [0.717, 1.165) is 19.0 Å². The van der Waals surface area contributed by atoms with Crippen LogP contribution in [0.15, 0.2) is 18.2 Å².